The van der Waals surface area contributed by atoms with Crippen LogP contribution in [-0.2, 0) is 29.2 Å². The first kappa shape index (κ1) is 21.6. The number of carbonyl (C=O) groups is 1. The minimum Gasteiger partial charge on any atom is -0.493 e. The smallest absolute Gasteiger partial charge is 0.331 e. The third-order valence-electron chi connectivity index (χ3n) is 4.42. The lowest BCUT2D eigenvalue weighted by molar-refractivity contribution is -0.139. The van der Waals surface area contributed by atoms with Gasteiger partial charge in [0, 0.05) is 11.5 Å². The molecule has 0 atom stereocenters. The van der Waals surface area contributed by atoms with Gasteiger partial charge in [0.1, 0.15) is 19.0 Å². The van der Waals surface area contributed by atoms with Gasteiger partial charge in [-0.25, -0.2) is 9.78 Å². The van der Waals surface area contributed by atoms with E-state index in [1.54, 1.807) is 36.7 Å². The Hall–Kier alpha value is -3.13. The maximum atomic E-state index is 12.0. The average Bonchev–Trinajstić information content (AvgIpc) is 3.35. The van der Waals surface area contributed by atoms with Gasteiger partial charge in [-0.05, 0) is 44.0 Å². The van der Waals surface area contributed by atoms with E-state index in [1.165, 1.54) is 6.08 Å². The van der Waals surface area contributed by atoms with Crippen LogP contribution in [0.2, 0.25) is 0 Å². The molecule has 0 saturated heterocycles. The van der Waals surface area contributed by atoms with Gasteiger partial charge in [0.05, 0.1) is 29.1 Å². The summed E-state index contributed by atoms with van der Waals surface area (Å²) >= 11 is 1.57. The van der Waals surface area contributed by atoms with Crippen molar-refractivity contribution in [2.24, 2.45) is 0 Å². The number of hydrogen-bond donors (Lipinski definition) is 0. The van der Waals surface area contributed by atoms with Crippen LogP contribution in [0.25, 0.3) is 6.08 Å². The minimum atomic E-state index is -0.432. The van der Waals surface area contributed by atoms with Crippen molar-refractivity contribution in [1.82, 2.24) is 10.1 Å². The molecule has 8 heteroatoms. The van der Waals surface area contributed by atoms with Gasteiger partial charge < -0.3 is 18.7 Å². The summed E-state index contributed by atoms with van der Waals surface area (Å²) in [5.41, 5.74) is 3.26. The monoisotopic (exact) mass is 428 g/mol. The summed E-state index contributed by atoms with van der Waals surface area (Å²) in [5, 5.41) is 6.86. The summed E-state index contributed by atoms with van der Waals surface area (Å²) in [7, 11) is 1.57. The van der Waals surface area contributed by atoms with Crippen LogP contribution in [0.15, 0.2) is 34.2 Å². The maximum absolute atomic E-state index is 12.0. The molecule has 0 N–H and O–H groups in total. The number of esters is 1. The SMILES string of the molecule is CCc1nc(COC(=O)/C=C/c2ccc(OCc3c(C)noc3C)c(OC)c2)cs1. The van der Waals surface area contributed by atoms with Crippen molar-refractivity contribution in [3.05, 3.63) is 62.9 Å². The highest BCUT2D eigenvalue weighted by molar-refractivity contribution is 7.09. The van der Waals surface area contributed by atoms with Gasteiger partial charge in [-0.2, -0.15) is 0 Å². The number of methoxy groups -OCH3 is 1. The molecule has 0 bridgehead atoms. The van der Waals surface area contributed by atoms with E-state index >= 15 is 0 Å². The molecule has 0 spiro atoms. The molecule has 0 aliphatic rings. The molecule has 3 aromatic rings. The number of nitrogens with zero attached hydrogens (tertiary/aromatic N) is 2. The lowest BCUT2D eigenvalue weighted by Gasteiger charge is -2.11. The molecule has 2 heterocycles. The van der Waals surface area contributed by atoms with E-state index in [9.17, 15) is 4.79 Å². The fourth-order valence-corrected chi connectivity index (χ4v) is 3.43. The highest BCUT2D eigenvalue weighted by atomic mass is 32.1. The highest BCUT2D eigenvalue weighted by Gasteiger charge is 2.12. The number of benzene rings is 1. The van der Waals surface area contributed by atoms with Crippen molar-refractivity contribution in [2.75, 3.05) is 7.11 Å². The van der Waals surface area contributed by atoms with Gasteiger partial charge in [0.25, 0.3) is 0 Å². The Balaban J connectivity index is 1.58. The Kier molecular flexibility index (Phi) is 7.24. The second-order valence-corrected chi connectivity index (χ2v) is 7.47. The quantitative estimate of drug-likeness (QED) is 0.362. The molecule has 0 saturated carbocycles. The zero-order chi connectivity index (χ0) is 21.5. The predicted octanol–water partition coefficient (Wildman–Crippen LogP) is 4.65. The molecule has 0 fully saturated rings. The van der Waals surface area contributed by atoms with Crippen molar-refractivity contribution in [1.29, 1.82) is 0 Å². The number of carbonyl (C=O) groups excluding carboxylic acids is 1. The van der Waals surface area contributed by atoms with Crippen molar-refractivity contribution < 1.29 is 23.5 Å². The Bertz CT molecular complexity index is 1020. The third-order valence-corrected chi connectivity index (χ3v) is 5.46. The molecule has 1 aromatic carbocycles. The highest BCUT2D eigenvalue weighted by Crippen LogP contribution is 2.30. The Labute approximate surface area is 179 Å². The van der Waals surface area contributed by atoms with Gasteiger partial charge in [-0.1, -0.05) is 18.1 Å². The number of ether oxygens (including phenoxy) is 3. The van der Waals surface area contributed by atoms with Gasteiger partial charge >= 0.3 is 5.97 Å². The molecule has 30 heavy (non-hydrogen) atoms. The van der Waals surface area contributed by atoms with Gasteiger partial charge in [0.2, 0.25) is 0 Å². The van der Waals surface area contributed by atoms with Crippen LogP contribution in [0, 0.1) is 13.8 Å². The third kappa shape index (κ3) is 5.48. The van der Waals surface area contributed by atoms with Crippen molar-refractivity contribution in [3.8, 4) is 11.5 Å². The molecule has 2 aromatic heterocycles. The second-order valence-electron chi connectivity index (χ2n) is 6.53. The molecular weight excluding hydrogens is 404 g/mol. The van der Waals surface area contributed by atoms with E-state index in [0.29, 0.717) is 18.1 Å². The van der Waals surface area contributed by atoms with Crippen molar-refractivity contribution in [3.63, 3.8) is 0 Å². The lowest BCUT2D eigenvalue weighted by Crippen LogP contribution is -2.01. The molecule has 0 radical (unpaired) electrons. The Morgan fingerprint density at radius 2 is 2.07 bits per heavy atom. The first-order chi connectivity index (χ1) is 14.5. The average molecular weight is 429 g/mol. The summed E-state index contributed by atoms with van der Waals surface area (Å²) < 4.78 is 21.7. The van der Waals surface area contributed by atoms with Gasteiger partial charge in [-0.15, -0.1) is 11.3 Å². The van der Waals surface area contributed by atoms with Crippen LogP contribution in [-0.4, -0.2) is 23.2 Å². The van der Waals surface area contributed by atoms with Crippen LogP contribution in [0.5, 0.6) is 11.5 Å². The molecular formula is C22H24N2O5S. The van der Waals surface area contributed by atoms with E-state index in [4.69, 9.17) is 18.7 Å². The van der Waals surface area contributed by atoms with Crippen molar-refractivity contribution >= 4 is 23.4 Å². The molecule has 0 amide bonds. The molecule has 0 aliphatic heterocycles. The minimum absolute atomic E-state index is 0.164. The van der Waals surface area contributed by atoms with Crippen LogP contribution < -0.4 is 9.47 Å². The van der Waals surface area contributed by atoms with E-state index in [1.807, 2.05) is 32.2 Å². The Morgan fingerprint density at radius 1 is 1.23 bits per heavy atom. The van der Waals surface area contributed by atoms with E-state index < -0.39 is 5.97 Å². The zero-order valence-corrected chi connectivity index (χ0v) is 18.2. The number of thiazole rings is 1. The first-order valence-corrected chi connectivity index (χ1v) is 10.4. The molecule has 0 aliphatic carbocycles. The largest absolute Gasteiger partial charge is 0.493 e. The topological polar surface area (TPSA) is 83.7 Å². The molecule has 158 valence electrons. The number of hydrogen-bond acceptors (Lipinski definition) is 8. The van der Waals surface area contributed by atoms with Gasteiger partial charge in [0.15, 0.2) is 11.5 Å². The lowest BCUT2D eigenvalue weighted by atomic mass is 10.2. The maximum Gasteiger partial charge on any atom is 0.331 e. The van der Waals surface area contributed by atoms with Crippen LogP contribution >= 0.6 is 11.3 Å². The second kappa shape index (κ2) is 10.1. The molecule has 0 unspecified atom stereocenters. The summed E-state index contributed by atoms with van der Waals surface area (Å²) in [5.74, 6) is 1.45. The first-order valence-electron chi connectivity index (χ1n) is 9.50. The zero-order valence-electron chi connectivity index (χ0n) is 17.4. The van der Waals surface area contributed by atoms with Crippen molar-refractivity contribution in [2.45, 2.75) is 40.4 Å². The predicted molar refractivity (Wildman–Crippen MR) is 114 cm³/mol. The van der Waals surface area contributed by atoms with Gasteiger partial charge in [-0.3, -0.25) is 0 Å². The Morgan fingerprint density at radius 3 is 2.73 bits per heavy atom. The summed E-state index contributed by atoms with van der Waals surface area (Å²) in [6.07, 6.45) is 3.92. The van der Waals surface area contributed by atoms with E-state index in [2.05, 4.69) is 10.1 Å². The fourth-order valence-electron chi connectivity index (χ4n) is 2.70. The van der Waals surface area contributed by atoms with Crippen LogP contribution in [0.4, 0.5) is 0 Å². The molecule has 7 nitrogen and oxygen atoms in total. The summed E-state index contributed by atoms with van der Waals surface area (Å²) in [4.78, 5) is 16.4. The van der Waals surface area contributed by atoms with Crippen LogP contribution in [0.1, 0.15) is 40.2 Å². The fraction of sp³-hybridized carbons (Fsp3) is 0.318. The van der Waals surface area contributed by atoms with E-state index in [-0.39, 0.29) is 6.61 Å². The number of aromatic nitrogens is 2. The number of aryl methyl sites for hydroxylation is 3. The summed E-state index contributed by atoms with van der Waals surface area (Å²) in [6, 6.07) is 5.42. The summed E-state index contributed by atoms with van der Waals surface area (Å²) in [6.45, 7) is 6.25. The molecule has 3 rings (SSSR count). The van der Waals surface area contributed by atoms with Crippen LogP contribution in [0.3, 0.4) is 0 Å². The number of rotatable bonds is 9. The standard InChI is InChI=1S/C22H24N2O5S/c1-5-21-23-17(13-30-21)11-28-22(25)9-7-16-6-8-19(20(10-16)26-4)27-12-18-14(2)24-29-15(18)3/h6-10,13H,5,11-12H2,1-4H3/b9-7+. The van der Waals surface area contributed by atoms with E-state index in [0.717, 1.165) is 39.7 Å². The normalized spacial score (nSPS) is 11.1.